The monoisotopic (exact) mass is 235 g/mol. The second-order valence-electron chi connectivity index (χ2n) is 4.16. The molecule has 17 heavy (non-hydrogen) atoms. The molecule has 2 rings (SSSR count). The molecule has 1 unspecified atom stereocenters. The van der Waals surface area contributed by atoms with E-state index >= 15 is 0 Å². The molecule has 0 bridgehead atoms. The molecule has 1 aliphatic rings. The van der Waals surface area contributed by atoms with Gasteiger partial charge in [-0.15, -0.1) is 0 Å². The van der Waals surface area contributed by atoms with Crippen molar-refractivity contribution >= 4 is 5.91 Å². The van der Waals surface area contributed by atoms with Crippen molar-refractivity contribution in [1.82, 2.24) is 5.48 Å². The quantitative estimate of drug-likeness (QED) is 0.817. The highest BCUT2D eigenvalue weighted by Gasteiger charge is 2.16. The Bertz CT molecular complexity index is 386. The second kappa shape index (κ2) is 5.80. The number of hydrogen-bond acceptors (Lipinski definition) is 3. The van der Waals surface area contributed by atoms with Crippen LogP contribution in [0.3, 0.4) is 0 Å². The Balaban J connectivity index is 1.87. The van der Waals surface area contributed by atoms with Gasteiger partial charge in [0.05, 0.1) is 0 Å². The van der Waals surface area contributed by atoms with E-state index < -0.39 is 0 Å². The van der Waals surface area contributed by atoms with Gasteiger partial charge in [0.15, 0.2) is 6.29 Å². The van der Waals surface area contributed by atoms with E-state index in [4.69, 9.17) is 9.57 Å². The lowest BCUT2D eigenvalue weighted by Gasteiger charge is -2.22. The summed E-state index contributed by atoms with van der Waals surface area (Å²) >= 11 is 0. The van der Waals surface area contributed by atoms with Crippen LogP contribution in [0.4, 0.5) is 0 Å². The topological polar surface area (TPSA) is 47.6 Å². The van der Waals surface area contributed by atoms with E-state index in [0.29, 0.717) is 12.2 Å². The lowest BCUT2D eigenvalue weighted by atomic mass is 10.1. The molecular weight excluding hydrogens is 218 g/mol. The number of amides is 1. The van der Waals surface area contributed by atoms with E-state index in [1.165, 1.54) is 0 Å². The van der Waals surface area contributed by atoms with Gasteiger partial charge in [-0.3, -0.25) is 4.79 Å². The zero-order valence-corrected chi connectivity index (χ0v) is 9.94. The third-order valence-corrected chi connectivity index (χ3v) is 2.81. The normalized spacial score (nSPS) is 19.9. The lowest BCUT2D eigenvalue weighted by Crippen LogP contribution is -2.33. The van der Waals surface area contributed by atoms with E-state index in [2.05, 4.69) is 5.48 Å². The van der Waals surface area contributed by atoms with Gasteiger partial charge < -0.3 is 4.74 Å². The molecular formula is C13H17NO3. The molecule has 4 nitrogen and oxygen atoms in total. The third-order valence-electron chi connectivity index (χ3n) is 2.81. The average molecular weight is 235 g/mol. The summed E-state index contributed by atoms with van der Waals surface area (Å²) < 4.78 is 5.36. The number of benzene rings is 1. The molecule has 1 amide bonds. The first-order valence-corrected chi connectivity index (χ1v) is 5.90. The predicted molar refractivity (Wildman–Crippen MR) is 63.3 cm³/mol. The van der Waals surface area contributed by atoms with Crippen molar-refractivity contribution in [2.75, 3.05) is 6.61 Å². The molecule has 1 atom stereocenters. The van der Waals surface area contributed by atoms with Crippen LogP contribution in [0.1, 0.15) is 35.2 Å². The molecule has 0 spiro atoms. The highest BCUT2D eigenvalue weighted by Crippen LogP contribution is 2.13. The van der Waals surface area contributed by atoms with Crippen molar-refractivity contribution in [3.05, 3.63) is 35.4 Å². The summed E-state index contributed by atoms with van der Waals surface area (Å²) in [5.41, 5.74) is 4.00. The summed E-state index contributed by atoms with van der Waals surface area (Å²) in [4.78, 5) is 17.0. The molecule has 0 aromatic heterocycles. The van der Waals surface area contributed by atoms with Gasteiger partial charge in [-0.2, -0.15) is 0 Å². The molecule has 4 heteroatoms. The van der Waals surface area contributed by atoms with Crippen LogP contribution in [0.5, 0.6) is 0 Å². The molecule has 0 saturated carbocycles. The van der Waals surface area contributed by atoms with Gasteiger partial charge in [-0.25, -0.2) is 10.3 Å². The Hall–Kier alpha value is -1.39. The Morgan fingerprint density at radius 1 is 1.41 bits per heavy atom. The molecule has 0 radical (unpaired) electrons. The van der Waals surface area contributed by atoms with Crippen LogP contribution in [-0.2, 0) is 9.57 Å². The van der Waals surface area contributed by atoms with Gasteiger partial charge in [0.2, 0.25) is 0 Å². The molecule has 1 heterocycles. The minimum atomic E-state index is -0.309. The van der Waals surface area contributed by atoms with Crippen LogP contribution in [0.15, 0.2) is 24.3 Å². The fraction of sp³-hybridized carbons (Fsp3) is 0.462. The van der Waals surface area contributed by atoms with E-state index in [-0.39, 0.29) is 12.2 Å². The average Bonchev–Trinajstić information content (AvgIpc) is 2.38. The summed E-state index contributed by atoms with van der Waals surface area (Å²) in [6.07, 6.45) is 2.65. The van der Waals surface area contributed by atoms with Crippen molar-refractivity contribution in [2.45, 2.75) is 32.5 Å². The van der Waals surface area contributed by atoms with Gasteiger partial charge >= 0.3 is 0 Å². The van der Waals surface area contributed by atoms with Crippen LogP contribution >= 0.6 is 0 Å². The third kappa shape index (κ3) is 3.28. The van der Waals surface area contributed by atoms with Crippen LogP contribution in [0.2, 0.25) is 0 Å². The lowest BCUT2D eigenvalue weighted by molar-refractivity contribution is -0.186. The molecule has 1 aliphatic heterocycles. The number of carbonyl (C=O) groups excluding carboxylic acids is 1. The van der Waals surface area contributed by atoms with Gasteiger partial charge in [0, 0.05) is 18.6 Å². The molecule has 92 valence electrons. The van der Waals surface area contributed by atoms with Gasteiger partial charge in [-0.1, -0.05) is 18.2 Å². The summed E-state index contributed by atoms with van der Waals surface area (Å²) in [7, 11) is 0. The summed E-state index contributed by atoms with van der Waals surface area (Å²) in [5, 5.41) is 0. The SMILES string of the molecule is Cc1ccccc1C(=O)NOC1CCCCO1. The predicted octanol–water partition coefficient (Wildman–Crippen LogP) is 2.18. The Morgan fingerprint density at radius 2 is 2.24 bits per heavy atom. The van der Waals surface area contributed by atoms with Crippen molar-refractivity contribution in [3.8, 4) is 0 Å². The Labute approximate surface area is 101 Å². The van der Waals surface area contributed by atoms with Gasteiger partial charge in [0.25, 0.3) is 5.91 Å². The molecule has 1 saturated heterocycles. The fourth-order valence-electron chi connectivity index (χ4n) is 1.81. The summed E-state index contributed by atoms with van der Waals surface area (Å²) in [6.45, 7) is 2.59. The van der Waals surface area contributed by atoms with Gasteiger partial charge in [0.1, 0.15) is 0 Å². The second-order valence-corrected chi connectivity index (χ2v) is 4.16. The maximum Gasteiger partial charge on any atom is 0.275 e. The minimum Gasteiger partial charge on any atom is -0.350 e. The fourth-order valence-corrected chi connectivity index (χ4v) is 1.81. The maximum atomic E-state index is 11.8. The van der Waals surface area contributed by atoms with E-state index in [9.17, 15) is 4.79 Å². The van der Waals surface area contributed by atoms with Crippen molar-refractivity contribution < 1.29 is 14.4 Å². The van der Waals surface area contributed by atoms with E-state index in [0.717, 1.165) is 24.8 Å². The number of ether oxygens (including phenoxy) is 1. The number of carbonyl (C=O) groups is 1. The highest BCUT2D eigenvalue weighted by molar-refractivity contribution is 5.94. The first-order valence-electron chi connectivity index (χ1n) is 5.90. The van der Waals surface area contributed by atoms with Crippen molar-refractivity contribution in [3.63, 3.8) is 0 Å². The summed E-state index contributed by atoms with van der Waals surface area (Å²) in [5.74, 6) is -0.225. The molecule has 1 fully saturated rings. The van der Waals surface area contributed by atoms with Crippen LogP contribution in [0.25, 0.3) is 0 Å². The number of hydroxylamine groups is 1. The largest absolute Gasteiger partial charge is 0.350 e. The zero-order chi connectivity index (χ0) is 12.1. The van der Waals surface area contributed by atoms with Crippen LogP contribution in [0, 0.1) is 6.92 Å². The smallest absolute Gasteiger partial charge is 0.275 e. The van der Waals surface area contributed by atoms with Crippen LogP contribution < -0.4 is 5.48 Å². The van der Waals surface area contributed by atoms with Gasteiger partial charge in [-0.05, 0) is 31.4 Å². The summed E-state index contributed by atoms with van der Waals surface area (Å²) in [6, 6.07) is 7.40. The van der Waals surface area contributed by atoms with Crippen LogP contribution in [-0.4, -0.2) is 18.8 Å². The van der Waals surface area contributed by atoms with E-state index in [1.54, 1.807) is 6.07 Å². The van der Waals surface area contributed by atoms with Crippen molar-refractivity contribution in [1.29, 1.82) is 0 Å². The minimum absolute atomic E-state index is 0.225. The Kier molecular flexibility index (Phi) is 4.12. The number of aryl methyl sites for hydroxylation is 1. The first kappa shape index (κ1) is 12.1. The molecule has 1 aromatic carbocycles. The highest BCUT2D eigenvalue weighted by atomic mass is 16.8. The zero-order valence-electron chi connectivity index (χ0n) is 9.94. The molecule has 1 aromatic rings. The molecule has 0 aliphatic carbocycles. The number of nitrogens with one attached hydrogen (secondary N) is 1. The molecule has 1 N–H and O–H groups in total. The van der Waals surface area contributed by atoms with Crippen molar-refractivity contribution in [2.24, 2.45) is 0 Å². The van der Waals surface area contributed by atoms with E-state index in [1.807, 2.05) is 25.1 Å². The maximum absolute atomic E-state index is 11.8. The number of rotatable bonds is 3. The Morgan fingerprint density at radius 3 is 2.94 bits per heavy atom. The number of hydrogen-bond donors (Lipinski definition) is 1. The standard InChI is InChI=1S/C13H17NO3/c1-10-6-2-3-7-11(10)13(15)14-17-12-8-4-5-9-16-12/h2-3,6-7,12H,4-5,8-9H2,1H3,(H,14,15). The first-order chi connectivity index (χ1) is 8.27.